The largest absolute Gasteiger partial charge is 0.534 e. The number of hydrogen-bond acceptors (Lipinski definition) is 3. The summed E-state index contributed by atoms with van der Waals surface area (Å²) in [7, 11) is -5.50. The quantitative estimate of drug-likeness (QED) is 0.425. The molecule has 0 rings (SSSR count). The Kier molecular flexibility index (Phi) is 4.44. The maximum absolute atomic E-state index is 11.8. The number of allylic oxidation sites excluding steroid dienone is 2. The van der Waals surface area contributed by atoms with E-state index in [4.69, 9.17) is 0 Å². The van der Waals surface area contributed by atoms with E-state index in [1.54, 1.807) is 6.92 Å². The van der Waals surface area contributed by atoms with Crippen molar-refractivity contribution >= 4 is 10.1 Å². The second kappa shape index (κ2) is 4.68. The van der Waals surface area contributed by atoms with Crippen LogP contribution in [0.1, 0.15) is 26.7 Å². The van der Waals surface area contributed by atoms with Gasteiger partial charge in [0, 0.05) is 6.42 Å². The number of alkyl halides is 3. The van der Waals surface area contributed by atoms with Gasteiger partial charge in [0.05, 0.1) is 0 Å². The van der Waals surface area contributed by atoms with Crippen LogP contribution < -0.4 is 0 Å². The van der Waals surface area contributed by atoms with Crippen LogP contribution in [0.15, 0.2) is 11.8 Å². The summed E-state index contributed by atoms with van der Waals surface area (Å²) in [5, 5.41) is 0. The van der Waals surface area contributed by atoms with Crippen LogP contribution in [0.25, 0.3) is 0 Å². The minimum Gasteiger partial charge on any atom is -0.381 e. The van der Waals surface area contributed by atoms with Crippen LogP contribution in [0, 0.1) is 0 Å². The van der Waals surface area contributed by atoms with Gasteiger partial charge in [0.25, 0.3) is 0 Å². The fourth-order valence-corrected chi connectivity index (χ4v) is 1.22. The molecule has 84 valence electrons. The van der Waals surface area contributed by atoms with Gasteiger partial charge in [-0.15, -0.1) is 0 Å². The molecular formula is C7H11F3O3S. The molecule has 0 aromatic heterocycles. The Hall–Kier alpha value is -0.720. The van der Waals surface area contributed by atoms with Gasteiger partial charge in [0.1, 0.15) is 5.76 Å². The Labute approximate surface area is 80.7 Å². The third kappa shape index (κ3) is 3.57. The van der Waals surface area contributed by atoms with E-state index in [-0.39, 0.29) is 12.2 Å². The van der Waals surface area contributed by atoms with Crippen LogP contribution in [-0.4, -0.2) is 13.9 Å². The van der Waals surface area contributed by atoms with Gasteiger partial charge in [-0.1, -0.05) is 13.8 Å². The maximum Gasteiger partial charge on any atom is 0.534 e. The van der Waals surface area contributed by atoms with Crippen LogP contribution in [0.5, 0.6) is 0 Å². The maximum atomic E-state index is 11.8. The van der Waals surface area contributed by atoms with Gasteiger partial charge in [-0.05, 0) is 12.5 Å². The summed E-state index contributed by atoms with van der Waals surface area (Å²) in [5.74, 6) is -0.190. The van der Waals surface area contributed by atoms with Crippen molar-refractivity contribution in [1.82, 2.24) is 0 Å². The average Bonchev–Trinajstić information content (AvgIpc) is 2.01. The summed E-state index contributed by atoms with van der Waals surface area (Å²) in [6, 6.07) is 0. The highest BCUT2D eigenvalue weighted by Gasteiger charge is 2.48. The van der Waals surface area contributed by atoms with E-state index in [1.165, 1.54) is 13.0 Å². The Morgan fingerprint density at radius 2 is 1.86 bits per heavy atom. The van der Waals surface area contributed by atoms with Crippen molar-refractivity contribution in [3.05, 3.63) is 11.8 Å². The monoisotopic (exact) mass is 232 g/mol. The van der Waals surface area contributed by atoms with Crippen molar-refractivity contribution in [1.29, 1.82) is 0 Å². The number of halogens is 3. The van der Waals surface area contributed by atoms with Gasteiger partial charge >= 0.3 is 15.6 Å². The van der Waals surface area contributed by atoms with Gasteiger partial charge in [-0.3, -0.25) is 0 Å². The highest BCUT2D eigenvalue weighted by Crippen LogP contribution is 2.27. The predicted molar refractivity (Wildman–Crippen MR) is 44.7 cm³/mol. The SMILES string of the molecule is CCC=C(CC)OS(=O)(=O)C(F)(F)F. The molecule has 0 N–H and O–H groups in total. The standard InChI is InChI=1S/C7H11F3O3S/c1-3-5-6(4-2)13-14(11,12)7(8,9)10/h5H,3-4H2,1-2H3. The molecule has 0 spiro atoms. The zero-order valence-corrected chi connectivity index (χ0v) is 8.57. The minimum absolute atomic E-state index is 0.100. The summed E-state index contributed by atoms with van der Waals surface area (Å²) in [6.45, 7) is 3.17. The van der Waals surface area contributed by atoms with E-state index < -0.39 is 15.6 Å². The van der Waals surface area contributed by atoms with Gasteiger partial charge in [0.2, 0.25) is 0 Å². The topological polar surface area (TPSA) is 43.4 Å². The highest BCUT2D eigenvalue weighted by molar-refractivity contribution is 7.87. The normalized spacial score (nSPS) is 14.2. The Morgan fingerprint density at radius 1 is 1.36 bits per heavy atom. The number of rotatable bonds is 4. The first-order chi connectivity index (χ1) is 6.24. The molecule has 7 heteroatoms. The Bertz CT molecular complexity index is 303. The van der Waals surface area contributed by atoms with Crippen LogP contribution in [0.3, 0.4) is 0 Å². The van der Waals surface area contributed by atoms with Gasteiger partial charge in [0.15, 0.2) is 0 Å². The molecule has 3 nitrogen and oxygen atoms in total. The molecule has 0 amide bonds. The lowest BCUT2D eigenvalue weighted by Crippen LogP contribution is -2.25. The van der Waals surface area contributed by atoms with Crippen molar-refractivity contribution in [3.63, 3.8) is 0 Å². The average molecular weight is 232 g/mol. The smallest absolute Gasteiger partial charge is 0.381 e. The summed E-state index contributed by atoms with van der Waals surface area (Å²) < 4.78 is 60.4. The predicted octanol–water partition coefficient (Wildman–Crippen LogP) is 2.56. The molecule has 0 saturated heterocycles. The lowest BCUT2D eigenvalue weighted by Gasteiger charge is -2.10. The highest BCUT2D eigenvalue weighted by atomic mass is 32.2. The van der Waals surface area contributed by atoms with Crippen molar-refractivity contribution < 1.29 is 25.8 Å². The van der Waals surface area contributed by atoms with E-state index in [0.717, 1.165) is 0 Å². The molecule has 0 heterocycles. The molecule has 14 heavy (non-hydrogen) atoms. The van der Waals surface area contributed by atoms with Gasteiger partial charge in [-0.2, -0.15) is 21.6 Å². The van der Waals surface area contributed by atoms with Crippen molar-refractivity contribution in [2.75, 3.05) is 0 Å². The van der Waals surface area contributed by atoms with Crippen LogP contribution in [0.2, 0.25) is 0 Å². The summed E-state index contributed by atoms with van der Waals surface area (Å²) >= 11 is 0. The molecule has 0 radical (unpaired) electrons. The fourth-order valence-electron chi connectivity index (χ4n) is 0.653. The third-order valence-corrected chi connectivity index (χ3v) is 2.28. The third-order valence-electron chi connectivity index (χ3n) is 1.28. The minimum atomic E-state index is -5.50. The molecule has 0 atom stereocenters. The van der Waals surface area contributed by atoms with Crippen LogP contribution >= 0.6 is 0 Å². The fraction of sp³-hybridized carbons (Fsp3) is 0.714. The van der Waals surface area contributed by atoms with E-state index in [1.807, 2.05) is 0 Å². The van der Waals surface area contributed by atoms with Gasteiger partial charge in [-0.25, -0.2) is 0 Å². The van der Waals surface area contributed by atoms with Crippen molar-refractivity contribution in [2.24, 2.45) is 0 Å². The van der Waals surface area contributed by atoms with E-state index >= 15 is 0 Å². The zero-order valence-electron chi connectivity index (χ0n) is 7.76. The first-order valence-corrected chi connectivity index (χ1v) is 5.35. The first kappa shape index (κ1) is 13.3. The molecule has 0 aromatic carbocycles. The van der Waals surface area contributed by atoms with Crippen molar-refractivity contribution in [2.45, 2.75) is 32.2 Å². The van der Waals surface area contributed by atoms with Gasteiger partial charge < -0.3 is 4.18 Å². The molecule has 0 bridgehead atoms. The molecular weight excluding hydrogens is 221 g/mol. The summed E-state index contributed by atoms with van der Waals surface area (Å²) in [6.07, 6.45) is 1.81. The van der Waals surface area contributed by atoms with Crippen LogP contribution in [-0.2, 0) is 14.3 Å². The van der Waals surface area contributed by atoms with E-state index in [9.17, 15) is 21.6 Å². The van der Waals surface area contributed by atoms with Crippen molar-refractivity contribution in [3.8, 4) is 0 Å². The summed E-state index contributed by atoms with van der Waals surface area (Å²) in [4.78, 5) is 0. The molecule has 0 unspecified atom stereocenters. The summed E-state index contributed by atoms with van der Waals surface area (Å²) in [5.41, 5.74) is -5.37. The Balaban J connectivity index is 4.76. The molecule has 0 fully saturated rings. The van der Waals surface area contributed by atoms with Crippen LogP contribution in [0.4, 0.5) is 13.2 Å². The Morgan fingerprint density at radius 3 is 2.14 bits per heavy atom. The molecule has 0 aliphatic carbocycles. The van der Waals surface area contributed by atoms with E-state index in [2.05, 4.69) is 4.18 Å². The zero-order chi connectivity index (χ0) is 11.4. The molecule has 0 aliphatic heterocycles. The lowest BCUT2D eigenvalue weighted by molar-refractivity contribution is -0.0523. The second-order valence-corrected chi connectivity index (χ2v) is 3.95. The number of hydrogen-bond donors (Lipinski definition) is 0. The first-order valence-electron chi connectivity index (χ1n) is 3.94. The lowest BCUT2D eigenvalue weighted by atomic mass is 10.3. The molecule has 0 aromatic rings. The second-order valence-electron chi connectivity index (χ2n) is 2.42. The van der Waals surface area contributed by atoms with E-state index in [0.29, 0.717) is 6.42 Å². The molecule has 0 saturated carbocycles. The molecule has 0 aliphatic rings.